The summed E-state index contributed by atoms with van der Waals surface area (Å²) in [4.78, 5) is 31.8. The van der Waals surface area contributed by atoms with Gasteiger partial charge in [0.05, 0.1) is 22.2 Å². The highest BCUT2D eigenvalue weighted by atomic mass is 35.5. The highest BCUT2D eigenvalue weighted by molar-refractivity contribution is 6.33. The second kappa shape index (κ2) is 8.43. The lowest BCUT2D eigenvalue weighted by Gasteiger charge is -2.23. The Morgan fingerprint density at radius 3 is 2.74 bits per heavy atom. The number of amides is 1. The molecule has 2 aliphatic rings. The molecule has 2 aromatic carbocycles. The lowest BCUT2D eigenvalue weighted by Crippen LogP contribution is -2.37. The van der Waals surface area contributed by atoms with E-state index in [2.05, 4.69) is 16.0 Å². The van der Waals surface area contributed by atoms with E-state index in [1.165, 1.54) is 5.56 Å². The molecular formula is C27H24ClN5O2. The van der Waals surface area contributed by atoms with E-state index in [0.29, 0.717) is 17.1 Å². The second-order valence-corrected chi connectivity index (χ2v) is 9.54. The van der Waals surface area contributed by atoms with Crippen LogP contribution < -0.4 is 21.2 Å². The molecule has 0 aliphatic carbocycles. The van der Waals surface area contributed by atoms with Gasteiger partial charge in [-0.25, -0.2) is 9.66 Å². The molecule has 2 aliphatic heterocycles. The molecule has 2 aromatic heterocycles. The van der Waals surface area contributed by atoms with Gasteiger partial charge in [0.2, 0.25) is 5.91 Å². The Morgan fingerprint density at radius 2 is 1.91 bits per heavy atom. The van der Waals surface area contributed by atoms with Gasteiger partial charge < -0.3 is 10.6 Å². The Balaban J connectivity index is 1.36. The first-order chi connectivity index (χ1) is 17.0. The average Bonchev–Trinajstić information content (AvgIpc) is 3.52. The number of hydrogen-bond donors (Lipinski definition) is 1. The second-order valence-electron chi connectivity index (χ2n) is 9.13. The molecule has 35 heavy (non-hydrogen) atoms. The Labute approximate surface area is 207 Å². The third-order valence-corrected chi connectivity index (χ3v) is 7.37. The number of nitrogens with two attached hydrogens (primary N) is 1. The summed E-state index contributed by atoms with van der Waals surface area (Å²) in [5, 5.41) is 4.33. The van der Waals surface area contributed by atoms with Crippen molar-refractivity contribution in [1.82, 2.24) is 9.66 Å². The predicted octanol–water partition coefficient (Wildman–Crippen LogP) is 3.85. The largest absolute Gasteiger partial charge is 0.369 e. The molecule has 1 fully saturated rings. The first kappa shape index (κ1) is 21.7. The summed E-state index contributed by atoms with van der Waals surface area (Å²) in [7, 11) is 0. The summed E-state index contributed by atoms with van der Waals surface area (Å²) in [5.74, 6) is 0.419. The molecule has 7 nitrogen and oxygen atoms in total. The first-order valence-corrected chi connectivity index (χ1v) is 12.1. The number of halogens is 1. The van der Waals surface area contributed by atoms with E-state index in [-0.39, 0.29) is 17.4 Å². The van der Waals surface area contributed by atoms with Gasteiger partial charge in [0.25, 0.3) is 5.56 Å². The van der Waals surface area contributed by atoms with Gasteiger partial charge in [-0.3, -0.25) is 14.6 Å². The Morgan fingerprint density at radius 1 is 1.06 bits per heavy atom. The van der Waals surface area contributed by atoms with Crippen LogP contribution in [0.2, 0.25) is 5.02 Å². The van der Waals surface area contributed by atoms with Gasteiger partial charge >= 0.3 is 0 Å². The van der Waals surface area contributed by atoms with Crippen LogP contribution in [0.3, 0.4) is 0 Å². The standard InChI is InChI=1S/C27H24ClN5O2/c28-22-9-12-33(32-11-8-17-3-1-2-4-23(17)32)27(35)25(22)19-6-5-18-14-24(30-15-21(18)13-19)31-10-7-20(16-31)26(29)34/h1-6,9,12-15,20H,7-8,10-11,16H2,(H2,29,34)/t20-/m0/s1. The van der Waals surface area contributed by atoms with E-state index < -0.39 is 0 Å². The third-order valence-electron chi connectivity index (χ3n) is 7.06. The van der Waals surface area contributed by atoms with Crippen molar-refractivity contribution in [2.24, 2.45) is 11.7 Å². The summed E-state index contributed by atoms with van der Waals surface area (Å²) in [6, 6.07) is 17.8. The fourth-order valence-corrected chi connectivity index (χ4v) is 5.41. The fraction of sp³-hybridized carbons (Fsp3) is 0.222. The minimum absolute atomic E-state index is 0.139. The SMILES string of the molecule is NC(=O)[C@H]1CCN(c2cc3ccc(-c4c(Cl)ccn(N5CCc6ccccc65)c4=O)cc3cn2)C1. The summed E-state index contributed by atoms with van der Waals surface area (Å²) >= 11 is 6.55. The van der Waals surface area contributed by atoms with Gasteiger partial charge in [-0.05, 0) is 53.6 Å². The van der Waals surface area contributed by atoms with Crippen LogP contribution in [0.5, 0.6) is 0 Å². The Hall–Kier alpha value is -3.84. The van der Waals surface area contributed by atoms with Gasteiger partial charge in [0, 0.05) is 37.4 Å². The van der Waals surface area contributed by atoms with Crippen molar-refractivity contribution in [1.29, 1.82) is 0 Å². The number of anilines is 2. The third kappa shape index (κ3) is 3.72. The summed E-state index contributed by atoms with van der Waals surface area (Å²) in [6.07, 6.45) is 5.18. The molecular weight excluding hydrogens is 462 g/mol. The van der Waals surface area contributed by atoms with Crippen LogP contribution in [0, 0.1) is 5.92 Å². The van der Waals surface area contributed by atoms with Crippen molar-refractivity contribution in [3.8, 4) is 11.1 Å². The fourth-order valence-electron chi connectivity index (χ4n) is 5.16. The molecule has 0 unspecified atom stereocenters. The number of primary amides is 1. The maximum atomic E-state index is 13.6. The number of para-hydroxylation sites is 1. The number of carbonyl (C=O) groups excluding carboxylic acids is 1. The Kier molecular flexibility index (Phi) is 5.22. The molecule has 4 aromatic rings. The molecule has 0 bridgehead atoms. The number of benzene rings is 2. The molecule has 1 saturated heterocycles. The van der Waals surface area contributed by atoms with Gasteiger partial charge in [-0.15, -0.1) is 0 Å². The van der Waals surface area contributed by atoms with E-state index in [0.717, 1.165) is 53.8 Å². The zero-order valence-corrected chi connectivity index (χ0v) is 19.8. The van der Waals surface area contributed by atoms with Crippen LogP contribution in [0.1, 0.15) is 12.0 Å². The molecule has 2 N–H and O–H groups in total. The van der Waals surface area contributed by atoms with E-state index in [9.17, 15) is 9.59 Å². The zero-order chi connectivity index (χ0) is 24.1. The molecule has 6 rings (SSSR count). The maximum Gasteiger partial charge on any atom is 0.278 e. The van der Waals surface area contributed by atoms with Crippen LogP contribution >= 0.6 is 11.6 Å². The average molecular weight is 486 g/mol. The van der Waals surface area contributed by atoms with Crippen LogP contribution in [-0.4, -0.2) is 35.2 Å². The monoisotopic (exact) mass is 485 g/mol. The number of aromatic nitrogens is 2. The van der Waals surface area contributed by atoms with E-state index in [1.807, 2.05) is 47.5 Å². The van der Waals surface area contributed by atoms with Crippen molar-refractivity contribution in [3.05, 3.63) is 87.9 Å². The lowest BCUT2D eigenvalue weighted by atomic mass is 10.0. The van der Waals surface area contributed by atoms with E-state index in [4.69, 9.17) is 17.3 Å². The van der Waals surface area contributed by atoms with Crippen molar-refractivity contribution in [2.75, 3.05) is 29.5 Å². The minimum Gasteiger partial charge on any atom is -0.369 e. The molecule has 8 heteroatoms. The highest BCUT2D eigenvalue weighted by Crippen LogP contribution is 2.32. The van der Waals surface area contributed by atoms with Crippen LogP contribution in [0.4, 0.5) is 11.5 Å². The zero-order valence-electron chi connectivity index (χ0n) is 19.0. The number of fused-ring (bicyclic) bond motifs is 2. The first-order valence-electron chi connectivity index (χ1n) is 11.7. The smallest absolute Gasteiger partial charge is 0.278 e. The van der Waals surface area contributed by atoms with Gasteiger partial charge in [-0.1, -0.05) is 41.9 Å². The predicted molar refractivity (Wildman–Crippen MR) is 139 cm³/mol. The molecule has 0 spiro atoms. The van der Waals surface area contributed by atoms with Gasteiger partial charge in [-0.2, -0.15) is 0 Å². The maximum absolute atomic E-state index is 13.6. The molecule has 0 saturated carbocycles. The van der Waals surface area contributed by atoms with Crippen molar-refractivity contribution in [3.63, 3.8) is 0 Å². The van der Waals surface area contributed by atoms with Crippen molar-refractivity contribution < 1.29 is 4.79 Å². The molecule has 0 radical (unpaired) electrons. The normalized spacial score (nSPS) is 17.2. The topological polar surface area (TPSA) is 84.5 Å². The number of hydrogen-bond acceptors (Lipinski definition) is 5. The molecule has 1 amide bonds. The summed E-state index contributed by atoms with van der Waals surface area (Å²) < 4.78 is 1.65. The van der Waals surface area contributed by atoms with Gasteiger partial charge in [0.1, 0.15) is 5.82 Å². The minimum atomic E-state index is -0.263. The number of pyridine rings is 2. The number of nitrogens with zero attached hydrogens (tertiary/aromatic N) is 4. The molecule has 176 valence electrons. The number of carbonyl (C=O) groups is 1. The van der Waals surface area contributed by atoms with Crippen LogP contribution in [0.25, 0.3) is 21.9 Å². The van der Waals surface area contributed by atoms with Crippen LogP contribution in [-0.2, 0) is 11.2 Å². The quantitative estimate of drug-likeness (QED) is 0.474. The van der Waals surface area contributed by atoms with E-state index >= 15 is 0 Å². The summed E-state index contributed by atoms with van der Waals surface area (Å²) in [5.41, 5.74) is 8.79. The van der Waals surface area contributed by atoms with Gasteiger partial charge in [0.15, 0.2) is 0 Å². The Bertz CT molecular complexity index is 1530. The van der Waals surface area contributed by atoms with Crippen molar-refractivity contribution in [2.45, 2.75) is 12.8 Å². The summed E-state index contributed by atoms with van der Waals surface area (Å²) in [6.45, 7) is 2.07. The van der Waals surface area contributed by atoms with Crippen LogP contribution in [0.15, 0.2) is 71.8 Å². The molecule has 4 heterocycles. The highest BCUT2D eigenvalue weighted by Gasteiger charge is 2.27. The van der Waals surface area contributed by atoms with Crippen molar-refractivity contribution >= 4 is 39.8 Å². The van der Waals surface area contributed by atoms with E-state index in [1.54, 1.807) is 23.1 Å². The number of rotatable bonds is 4. The lowest BCUT2D eigenvalue weighted by molar-refractivity contribution is -0.121. The molecule has 1 atom stereocenters.